The second-order valence-corrected chi connectivity index (χ2v) is 4.98. The molecular formula is C17H19NO4. The molecule has 0 unspecified atom stereocenters. The van der Waals surface area contributed by atoms with Crippen LogP contribution < -0.4 is 24.3 Å². The van der Waals surface area contributed by atoms with Crippen molar-refractivity contribution in [3.05, 3.63) is 47.5 Å². The molecular weight excluding hydrogens is 282 g/mol. The Bertz CT molecular complexity index is 657. The highest BCUT2D eigenvalue weighted by molar-refractivity contribution is 5.45. The number of fused-ring (bicyclic) bond motifs is 1. The first-order chi connectivity index (χ1) is 10.8. The van der Waals surface area contributed by atoms with E-state index in [4.69, 9.17) is 18.9 Å². The molecule has 5 heteroatoms. The van der Waals surface area contributed by atoms with Crippen molar-refractivity contribution >= 4 is 0 Å². The number of hydrogen-bond donors (Lipinski definition) is 1. The summed E-state index contributed by atoms with van der Waals surface area (Å²) in [7, 11) is 3.27. The molecule has 1 N–H and O–H groups in total. The van der Waals surface area contributed by atoms with Gasteiger partial charge < -0.3 is 24.3 Å². The zero-order chi connectivity index (χ0) is 15.4. The smallest absolute Gasteiger partial charge is 0.231 e. The van der Waals surface area contributed by atoms with Crippen molar-refractivity contribution in [1.29, 1.82) is 0 Å². The van der Waals surface area contributed by atoms with Crippen LogP contribution in [0.4, 0.5) is 0 Å². The van der Waals surface area contributed by atoms with Crippen LogP contribution in [0.5, 0.6) is 23.0 Å². The Balaban J connectivity index is 1.59. The first-order valence-electron chi connectivity index (χ1n) is 7.10. The molecule has 0 aromatic heterocycles. The first kappa shape index (κ1) is 14.5. The quantitative estimate of drug-likeness (QED) is 0.889. The van der Waals surface area contributed by atoms with Crippen molar-refractivity contribution in [3.8, 4) is 23.0 Å². The number of methoxy groups -OCH3 is 2. The predicted octanol–water partition coefficient (Wildman–Crippen LogP) is 2.72. The van der Waals surface area contributed by atoms with Crippen molar-refractivity contribution < 1.29 is 18.9 Å². The number of rotatable bonds is 6. The largest absolute Gasteiger partial charge is 0.493 e. The molecule has 22 heavy (non-hydrogen) atoms. The minimum Gasteiger partial charge on any atom is -0.493 e. The Morgan fingerprint density at radius 3 is 2.32 bits per heavy atom. The Hall–Kier alpha value is -2.40. The van der Waals surface area contributed by atoms with Crippen LogP contribution >= 0.6 is 0 Å². The molecule has 5 nitrogen and oxygen atoms in total. The van der Waals surface area contributed by atoms with Gasteiger partial charge in [0.25, 0.3) is 0 Å². The molecule has 3 rings (SSSR count). The monoisotopic (exact) mass is 301 g/mol. The van der Waals surface area contributed by atoms with Gasteiger partial charge in [0.2, 0.25) is 6.79 Å². The third-order valence-corrected chi connectivity index (χ3v) is 3.54. The molecule has 1 aliphatic rings. The average Bonchev–Trinajstić information content (AvgIpc) is 3.02. The van der Waals surface area contributed by atoms with E-state index in [1.807, 2.05) is 36.4 Å². The van der Waals surface area contributed by atoms with Crippen molar-refractivity contribution in [2.45, 2.75) is 13.1 Å². The summed E-state index contributed by atoms with van der Waals surface area (Å²) in [5.74, 6) is 3.10. The van der Waals surface area contributed by atoms with Gasteiger partial charge in [-0.15, -0.1) is 0 Å². The molecule has 0 aliphatic carbocycles. The lowest BCUT2D eigenvalue weighted by Gasteiger charge is -2.10. The number of nitrogens with one attached hydrogen (secondary N) is 1. The van der Waals surface area contributed by atoms with Gasteiger partial charge in [-0.3, -0.25) is 0 Å². The van der Waals surface area contributed by atoms with Gasteiger partial charge in [-0.25, -0.2) is 0 Å². The lowest BCUT2D eigenvalue weighted by Crippen LogP contribution is -2.12. The fourth-order valence-corrected chi connectivity index (χ4v) is 2.39. The maximum Gasteiger partial charge on any atom is 0.231 e. The summed E-state index contributed by atoms with van der Waals surface area (Å²) in [6, 6.07) is 11.9. The van der Waals surface area contributed by atoms with Gasteiger partial charge in [-0.05, 0) is 35.4 Å². The predicted molar refractivity (Wildman–Crippen MR) is 82.7 cm³/mol. The summed E-state index contributed by atoms with van der Waals surface area (Å²) < 4.78 is 21.2. The zero-order valence-corrected chi connectivity index (χ0v) is 12.7. The van der Waals surface area contributed by atoms with Crippen LogP contribution in [0.1, 0.15) is 11.1 Å². The molecule has 1 heterocycles. The highest BCUT2D eigenvalue weighted by Crippen LogP contribution is 2.32. The van der Waals surface area contributed by atoms with E-state index >= 15 is 0 Å². The third kappa shape index (κ3) is 3.09. The topological polar surface area (TPSA) is 49.0 Å². The summed E-state index contributed by atoms with van der Waals surface area (Å²) >= 11 is 0. The molecule has 0 bridgehead atoms. The van der Waals surface area contributed by atoms with Crippen LogP contribution in [0.25, 0.3) is 0 Å². The fraction of sp³-hybridized carbons (Fsp3) is 0.294. The van der Waals surface area contributed by atoms with Gasteiger partial charge in [0.05, 0.1) is 14.2 Å². The molecule has 2 aromatic rings. The molecule has 0 amide bonds. The highest BCUT2D eigenvalue weighted by atomic mass is 16.7. The second-order valence-electron chi connectivity index (χ2n) is 4.98. The van der Waals surface area contributed by atoms with E-state index in [0.29, 0.717) is 6.79 Å². The average molecular weight is 301 g/mol. The van der Waals surface area contributed by atoms with Crippen LogP contribution in [-0.2, 0) is 13.1 Å². The molecule has 0 atom stereocenters. The SMILES string of the molecule is COc1ccc(CNCc2ccc3c(c2)OCO3)cc1OC. The van der Waals surface area contributed by atoms with E-state index in [0.717, 1.165) is 47.2 Å². The number of hydrogen-bond acceptors (Lipinski definition) is 5. The lowest BCUT2D eigenvalue weighted by molar-refractivity contribution is 0.174. The second kappa shape index (κ2) is 6.58. The van der Waals surface area contributed by atoms with Crippen molar-refractivity contribution in [3.63, 3.8) is 0 Å². The molecule has 0 saturated heterocycles. The molecule has 0 fully saturated rings. The normalized spacial score (nSPS) is 12.3. The summed E-state index contributed by atoms with van der Waals surface area (Å²) in [6.45, 7) is 1.80. The minimum atomic E-state index is 0.303. The minimum absolute atomic E-state index is 0.303. The molecule has 0 saturated carbocycles. The van der Waals surface area contributed by atoms with Crippen LogP contribution in [0, 0.1) is 0 Å². The maximum atomic E-state index is 5.38. The van der Waals surface area contributed by atoms with E-state index in [2.05, 4.69) is 5.32 Å². The summed E-state index contributed by atoms with van der Waals surface area (Å²) in [5.41, 5.74) is 2.29. The van der Waals surface area contributed by atoms with Gasteiger partial charge in [0, 0.05) is 13.1 Å². The zero-order valence-electron chi connectivity index (χ0n) is 12.7. The molecule has 116 valence electrons. The van der Waals surface area contributed by atoms with Crippen LogP contribution in [0.2, 0.25) is 0 Å². The van der Waals surface area contributed by atoms with Gasteiger partial charge in [-0.1, -0.05) is 12.1 Å². The van der Waals surface area contributed by atoms with Crippen LogP contribution in [-0.4, -0.2) is 21.0 Å². The van der Waals surface area contributed by atoms with E-state index in [-0.39, 0.29) is 0 Å². The maximum absolute atomic E-state index is 5.38. The highest BCUT2D eigenvalue weighted by Gasteiger charge is 2.12. The molecule has 0 spiro atoms. The standard InChI is InChI=1S/C17H19NO4/c1-19-14-5-3-12(7-16(14)20-2)9-18-10-13-4-6-15-17(8-13)22-11-21-15/h3-8,18H,9-11H2,1-2H3. The van der Waals surface area contributed by atoms with Crippen molar-refractivity contribution in [2.75, 3.05) is 21.0 Å². The molecule has 1 aliphatic heterocycles. The Morgan fingerprint density at radius 1 is 0.864 bits per heavy atom. The number of benzene rings is 2. The van der Waals surface area contributed by atoms with Crippen LogP contribution in [0.3, 0.4) is 0 Å². The lowest BCUT2D eigenvalue weighted by atomic mass is 10.1. The Labute approximate surface area is 129 Å². The number of ether oxygens (including phenoxy) is 4. The van der Waals surface area contributed by atoms with Gasteiger partial charge >= 0.3 is 0 Å². The Morgan fingerprint density at radius 2 is 1.55 bits per heavy atom. The molecule has 0 radical (unpaired) electrons. The van der Waals surface area contributed by atoms with Crippen molar-refractivity contribution in [1.82, 2.24) is 5.32 Å². The Kier molecular flexibility index (Phi) is 4.34. The van der Waals surface area contributed by atoms with Crippen molar-refractivity contribution in [2.24, 2.45) is 0 Å². The van der Waals surface area contributed by atoms with Gasteiger partial charge in [-0.2, -0.15) is 0 Å². The van der Waals surface area contributed by atoms with Crippen LogP contribution in [0.15, 0.2) is 36.4 Å². The van der Waals surface area contributed by atoms with Gasteiger partial charge in [0.15, 0.2) is 23.0 Å². The molecule has 2 aromatic carbocycles. The van der Waals surface area contributed by atoms with Gasteiger partial charge in [0.1, 0.15) is 0 Å². The van der Waals surface area contributed by atoms with E-state index in [1.54, 1.807) is 14.2 Å². The fourth-order valence-electron chi connectivity index (χ4n) is 2.39. The first-order valence-corrected chi connectivity index (χ1v) is 7.10. The van der Waals surface area contributed by atoms with E-state index in [1.165, 1.54) is 0 Å². The summed E-state index contributed by atoms with van der Waals surface area (Å²) in [4.78, 5) is 0. The summed E-state index contributed by atoms with van der Waals surface area (Å²) in [6.07, 6.45) is 0. The van der Waals surface area contributed by atoms with E-state index in [9.17, 15) is 0 Å². The third-order valence-electron chi connectivity index (χ3n) is 3.54. The summed E-state index contributed by atoms with van der Waals surface area (Å²) in [5, 5.41) is 3.41. The van der Waals surface area contributed by atoms with E-state index < -0.39 is 0 Å².